The van der Waals surface area contributed by atoms with Gasteiger partial charge in [-0.3, -0.25) is 9.59 Å². The lowest BCUT2D eigenvalue weighted by Crippen LogP contribution is -2.26. The maximum Gasteiger partial charge on any atom is 0.248 e. The number of nitrogens with one attached hydrogen (secondary N) is 2. The summed E-state index contributed by atoms with van der Waals surface area (Å²) in [7, 11) is 0. The Morgan fingerprint density at radius 3 is 2.31 bits per heavy atom. The zero-order chi connectivity index (χ0) is 22.8. The molecule has 0 aliphatic carbocycles. The van der Waals surface area contributed by atoms with Gasteiger partial charge in [-0.2, -0.15) is 5.10 Å². The van der Waals surface area contributed by atoms with Crippen LogP contribution in [0.1, 0.15) is 42.9 Å². The number of hydrogen-bond donors (Lipinski definition) is 2. The summed E-state index contributed by atoms with van der Waals surface area (Å²) in [4.78, 5) is 24.9. The highest BCUT2D eigenvalue weighted by atomic mass is 16.2. The zero-order valence-corrected chi connectivity index (χ0v) is 18.3. The molecule has 2 N–H and O–H groups in total. The molecule has 0 saturated carbocycles. The third kappa shape index (κ3) is 6.51. The van der Waals surface area contributed by atoms with E-state index in [1.807, 2.05) is 98.8 Å². The topological polar surface area (TPSA) is 70.6 Å². The Labute approximate surface area is 188 Å². The van der Waals surface area contributed by atoms with E-state index in [2.05, 4.69) is 15.8 Å². The van der Waals surface area contributed by atoms with Gasteiger partial charge in [0.15, 0.2) is 0 Å². The fourth-order valence-electron chi connectivity index (χ4n) is 3.28. The normalized spacial score (nSPS) is 12.4. The first-order chi connectivity index (χ1) is 15.6. The third-order valence-electron chi connectivity index (χ3n) is 5.04. The summed E-state index contributed by atoms with van der Waals surface area (Å²) in [6.45, 7) is 3.80. The van der Waals surface area contributed by atoms with Gasteiger partial charge in [0.2, 0.25) is 11.8 Å². The summed E-state index contributed by atoms with van der Waals surface area (Å²) in [5.41, 5.74) is 6.71. The van der Waals surface area contributed by atoms with Gasteiger partial charge in [0.1, 0.15) is 0 Å². The van der Waals surface area contributed by atoms with Crippen LogP contribution in [0.15, 0.2) is 96.1 Å². The molecule has 1 atom stereocenters. The number of hydrazone groups is 1. The number of carbonyl (C=O) groups is 2. The number of benzene rings is 3. The number of anilines is 1. The fourth-order valence-corrected chi connectivity index (χ4v) is 3.28. The van der Waals surface area contributed by atoms with Crippen LogP contribution in [0.2, 0.25) is 0 Å². The van der Waals surface area contributed by atoms with E-state index in [4.69, 9.17) is 0 Å². The van der Waals surface area contributed by atoms with Crippen LogP contribution in [-0.4, -0.2) is 17.5 Å². The average Bonchev–Trinajstić information content (AvgIpc) is 2.83. The maximum atomic E-state index is 12.6. The Kier molecular flexibility index (Phi) is 8.09. The molecule has 162 valence electrons. The van der Waals surface area contributed by atoms with Crippen molar-refractivity contribution in [3.8, 4) is 0 Å². The van der Waals surface area contributed by atoms with E-state index in [0.29, 0.717) is 17.8 Å². The highest BCUT2D eigenvalue weighted by Gasteiger charge is 2.18. The molecule has 0 radical (unpaired) electrons. The number of rotatable bonds is 8. The highest BCUT2D eigenvalue weighted by Crippen LogP contribution is 2.19. The molecule has 1 unspecified atom stereocenters. The molecule has 5 heteroatoms. The van der Waals surface area contributed by atoms with Crippen molar-refractivity contribution in [2.75, 3.05) is 5.32 Å². The minimum absolute atomic E-state index is 0.145. The summed E-state index contributed by atoms with van der Waals surface area (Å²) in [6, 6.07) is 26.7. The van der Waals surface area contributed by atoms with E-state index in [-0.39, 0.29) is 17.7 Å². The van der Waals surface area contributed by atoms with Gasteiger partial charge in [0.05, 0.1) is 11.6 Å². The Morgan fingerprint density at radius 2 is 1.62 bits per heavy atom. The van der Waals surface area contributed by atoms with E-state index < -0.39 is 0 Å². The second kappa shape index (κ2) is 11.4. The monoisotopic (exact) mass is 425 g/mol. The summed E-state index contributed by atoms with van der Waals surface area (Å²) < 4.78 is 0. The fraction of sp³-hybridized carbons (Fsp3) is 0.148. The molecule has 0 heterocycles. The third-order valence-corrected chi connectivity index (χ3v) is 5.04. The van der Waals surface area contributed by atoms with Crippen LogP contribution in [0.25, 0.3) is 6.08 Å². The van der Waals surface area contributed by atoms with Crippen LogP contribution in [0, 0.1) is 0 Å². The van der Waals surface area contributed by atoms with E-state index in [9.17, 15) is 9.59 Å². The summed E-state index contributed by atoms with van der Waals surface area (Å²) in [5, 5.41) is 7.13. The molecule has 0 bridgehead atoms. The Morgan fingerprint density at radius 1 is 0.938 bits per heavy atom. The summed E-state index contributed by atoms with van der Waals surface area (Å²) >= 11 is 0. The predicted molar refractivity (Wildman–Crippen MR) is 130 cm³/mol. The smallest absolute Gasteiger partial charge is 0.248 e. The van der Waals surface area contributed by atoms with Crippen LogP contribution in [0.3, 0.4) is 0 Å². The van der Waals surface area contributed by atoms with Crippen molar-refractivity contribution in [3.63, 3.8) is 0 Å². The van der Waals surface area contributed by atoms with Gasteiger partial charge in [-0.15, -0.1) is 0 Å². The summed E-state index contributed by atoms with van der Waals surface area (Å²) in [6.07, 6.45) is 3.94. The first kappa shape index (κ1) is 22.7. The van der Waals surface area contributed by atoms with Crippen molar-refractivity contribution in [2.45, 2.75) is 26.2 Å². The van der Waals surface area contributed by atoms with E-state index in [1.54, 1.807) is 6.08 Å². The SMILES string of the molecule is CCC(C(=O)N/N=C(/C)c1cccc(NC(=O)/C=C/c2ccccc2)c1)c1ccccc1. The number of nitrogens with zero attached hydrogens (tertiary/aromatic N) is 1. The number of hydrogen-bond acceptors (Lipinski definition) is 3. The maximum absolute atomic E-state index is 12.6. The molecule has 0 aliphatic rings. The van der Waals surface area contributed by atoms with E-state index in [0.717, 1.165) is 16.7 Å². The van der Waals surface area contributed by atoms with E-state index >= 15 is 0 Å². The minimum Gasteiger partial charge on any atom is -0.322 e. The van der Waals surface area contributed by atoms with Crippen molar-refractivity contribution in [2.24, 2.45) is 5.10 Å². The Bertz CT molecular complexity index is 1110. The van der Waals surface area contributed by atoms with Crippen LogP contribution in [0.4, 0.5) is 5.69 Å². The molecule has 0 saturated heterocycles. The summed E-state index contributed by atoms with van der Waals surface area (Å²) in [5.74, 6) is -0.620. The molecule has 0 aromatic heterocycles. The van der Waals surface area contributed by atoms with Crippen molar-refractivity contribution < 1.29 is 9.59 Å². The average molecular weight is 426 g/mol. The first-order valence-electron chi connectivity index (χ1n) is 10.6. The molecule has 2 amide bonds. The first-order valence-corrected chi connectivity index (χ1v) is 10.6. The van der Waals surface area contributed by atoms with Gasteiger partial charge >= 0.3 is 0 Å². The van der Waals surface area contributed by atoms with Crippen molar-refractivity contribution in [1.29, 1.82) is 0 Å². The molecule has 3 aromatic rings. The van der Waals surface area contributed by atoms with Gasteiger partial charge in [-0.1, -0.05) is 79.7 Å². The lowest BCUT2D eigenvalue weighted by Gasteiger charge is -2.13. The quantitative estimate of drug-likeness (QED) is 0.289. The second-order valence-corrected chi connectivity index (χ2v) is 7.36. The van der Waals surface area contributed by atoms with Gasteiger partial charge < -0.3 is 5.32 Å². The molecule has 32 heavy (non-hydrogen) atoms. The van der Waals surface area contributed by atoms with Crippen LogP contribution < -0.4 is 10.7 Å². The van der Waals surface area contributed by atoms with Crippen LogP contribution in [-0.2, 0) is 9.59 Å². The minimum atomic E-state index is -0.255. The molecule has 3 rings (SSSR count). The standard InChI is InChI=1S/C27H27N3O2/c1-3-25(22-13-8-5-9-14-22)27(32)30-29-20(2)23-15-10-16-24(19-23)28-26(31)18-17-21-11-6-4-7-12-21/h4-19,25H,3H2,1-2H3,(H,28,31)(H,30,32)/b18-17+,29-20-. The highest BCUT2D eigenvalue weighted by molar-refractivity contribution is 6.04. The van der Waals surface area contributed by atoms with Gasteiger partial charge in [0, 0.05) is 11.8 Å². The van der Waals surface area contributed by atoms with Crippen molar-refractivity contribution in [3.05, 3.63) is 108 Å². The lowest BCUT2D eigenvalue weighted by atomic mass is 9.96. The molecule has 0 spiro atoms. The molecule has 5 nitrogen and oxygen atoms in total. The predicted octanol–water partition coefficient (Wildman–Crippen LogP) is 5.37. The molecule has 3 aromatic carbocycles. The zero-order valence-electron chi connectivity index (χ0n) is 18.3. The van der Waals surface area contributed by atoms with Crippen molar-refractivity contribution >= 4 is 29.3 Å². The second-order valence-electron chi connectivity index (χ2n) is 7.36. The molecular formula is C27H27N3O2. The number of carbonyl (C=O) groups excluding carboxylic acids is 2. The van der Waals surface area contributed by atoms with Crippen molar-refractivity contribution in [1.82, 2.24) is 5.43 Å². The number of amides is 2. The van der Waals surface area contributed by atoms with Gasteiger partial charge in [0.25, 0.3) is 0 Å². The Hall–Kier alpha value is -3.99. The van der Waals surface area contributed by atoms with Gasteiger partial charge in [-0.25, -0.2) is 5.43 Å². The lowest BCUT2D eigenvalue weighted by molar-refractivity contribution is -0.122. The molecular weight excluding hydrogens is 398 g/mol. The molecule has 0 fully saturated rings. The Balaban J connectivity index is 1.63. The molecule has 0 aliphatic heterocycles. The van der Waals surface area contributed by atoms with E-state index in [1.165, 1.54) is 6.08 Å². The largest absolute Gasteiger partial charge is 0.322 e. The van der Waals surface area contributed by atoms with Gasteiger partial charge in [-0.05, 0) is 48.2 Å². The van der Waals surface area contributed by atoms with Crippen LogP contribution >= 0.6 is 0 Å². The van der Waals surface area contributed by atoms with Crippen LogP contribution in [0.5, 0.6) is 0 Å².